The Morgan fingerprint density at radius 1 is 1.11 bits per heavy atom. The number of hydrazone groups is 1. The molecule has 5 nitrogen and oxygen atoms in total. The number of benzene rings is 2. The van der Waals surface area contributed by atoms with Crippen molar-refractivity contribution in [2.45, 2.75) is 6.92 Å². The molecule has 0 aliphatic heterocycles. The first-order valence-electron chi connectivity index (χ1n) is 5.75. The van der Waals surface area contributed by atoms with Gasteiger partial charge in [-0.05, 0) is 24.6 Å². The minimum Gasteiger partial charge on any atom is -0.278 e. The van der Waals surface area contributed by atoms with Crippen LogP contribution < -0.4 is 5.43 Å². The lowest BCUT2D eigenvalue weighted by molar-refractivity contribution is -0.384. The Bertz CT molecular complexity index is 589. The maximum Gasteiger partial charge on any atom is 0.269 e. The second-order valence-electron chi connectivity index (χ2n) is 4.08. The third-order valence-corrected chi connectivity index (χ3v) is 2.56. The topological polar surface area (TPSA) is 67.5 Å². The highest BCUT2D eigenvalue weighted by molar-refractivity contribution is 5.80. The van der Waals surface area contributed by atoms with Gasteiger partial charge in [-0.25, -0.2) is 0 Å². The normalized spacial score (nSPS) is 10.6. The number of nitro groups is 1. The SMILES string of the molecule is Cc1ccc(C=NNc2ccc([N+](=O)[O-])cc2)cc1. The summed E-state index contributed by atoms with van der Waals surface area (Å²) < 4.78 is 0. The molecule has 1 N–H and O–H groups in total. The van der Waals surface area contributed by atoms with Crippen molar-refractivity contribution in [2.24, 2.45) is 5.10 Å². The van der Waals surface area contributed by atoms with Gasteiger partial charge in [-0.1, -0.05) is 29.8 Å². The van der Waals surface area contributed by atoms with Crippen molar-refractivity contribution < 1.29 is 4.92 Å². The summed E-state index contributed by atoms with van der Waals surface area (Å²) in [4.78, 5) is 10.1. The molecule has 96 valence electrons. The fraction of sp³-hybridized carbons (Fsp3) is 0.0714. The molecule has 19 heavy (non-hydrogen) atoms. The van der Waals surface area contributed by atoms with Gasteiger partial charge in [0.2, 0.25) is 0 Å². The van der Waals surface area contributed by atoms with Crippen LogP contribution in [0, 0.1) is 17.0 Å². The van der Waals surface area contributed by atoms with Crippen LogP contribution in [0.4, 0.5) is 11.4 Å². The number of nitrogens with zero attached hydrogens (tertiary/aromatic N) is 2. The predicted octanol–water partition coefficient (Wildman–Crippen LogP) is 3.35. The van der Waals surface area contributed by atoms with Gasteiger partial charge in [-0.15, -0.1) is 0 Å². The van der Waals surface area contributed by atoms with E-state index in [0.717, 1.165) is 5.56 Å². The molecule has 0 bridgehead atoms. The van der Waals surface area contributed by atoms with Crippen molar-refractivity contribution in [3.8, 4) is 0 Å². The summed E-state index contributed by atoms with van der Waals surface area (Å²) in [7, 11) is 0. The van der Waals surface area contributed by atoms with Gasteiger partial charge in [-0.3, -0.25) is 15.5 Å². The third-order valence-electron chi connectivity index (χ3n) is 2.56. The molecule has 2 aromatic carbocycles. The van der Waals surface area contributed by atoms with Gasteiger partial charge in [0.05, 0.1) is 16.8 Å². The Kier molecular flexibility index (Phi) is 3.87. The largest absolute Gasteiger partial charge is 0.278 e. The number of hydrogen-bond acceptors (Lipinski definition) is 4. The number of hydrogen-bond donors (Lipinski definition) is 1. The molecule has 0 amide bonds. The van der Waals surface area contributed by atoms with Crippen LogP contribution in [-0.4, -0.2) is 11.1 Å². The second kappa shape index (κ2) is 5.77. The smallest absolute Gasteiger partial charge is 0.269 e. The lowest BCUT2D eigenvalue weighted by Crippen LogP contribution is -1.92. The molecular weight excluding hydrogens is 242 g/mol. The summed E-state index contributed by atoms with van der Waals surface area (Å²) in [5, 5.41) is 14.6. The lowest BCUT2D eigenvalue weighted by Gasteiger charge is -1.99. The molecule has 0 aliphatic carbocycles. The van der Waals surface area contributed by atoms with Crippen molar-refractivity contribution >= 4 is 17.6 Å². The maximum absolute atomic E-state index is 10.5. The monoisotopic (exact) mass is 255 g/mol. The Hall–Kier alpha value is -2.69. The molecule has 0 unspecified atom stereocenters. The zero-order valence-corrected chi connectivity index (χ0v) is 10.4. The predicted molar refractivity (Wildman–Crippen MR) is 75.5 cm³/mol. The molecule has 0 heterocycles. The molecule has 0 saturated heterocycles. The van der Waals surface area contributed by atoms with Crippen molar-refractivity contribution in [3.63, 3.8) is 0 Å². The zero-order chi connectivity index (χ0) is 13.7. The quantitative estimate of drug-likeness (QED) is 0.517. The number of nitrogens with one attached hydrogen (secondary N) is 1. The van der Waals surface area contributed by atoms with Crippen LogP contribution in [0.5, 0.6) is 0 Å². The standard InChI is InChI=1S/C14H13N3O2/c1-11-2-4-12(5-3-11)10-15-16-13-6-8-14(9-7-13)17(18)19/h2-10,16H,1H3. The van der Waals surface area contributed by atoms with Crippen LogP contribution in [0.25, 0.3) is 0 Å². The molecule has 0 aromatic heterocycles. The van der Waals surface area contributed by atoms with Gasteiger partial charge >= 0.3 is 0 Å². The van der Waals surface area contributed by atoms with Crippen molar-refractivity contribution in [1.29, 1.82) is 0 Å². The molecule has 5 heteroatoms. The lowest BCUT2D eigenvalue weighted by atomic mass is 10.2. The molecule has 2 rings (SSSR count). The van der Waals surface area contributed by atoms with Crippen LogP contribution in [0.2, 0.25) is 0 Å². The molecule has 2 aromatic rings. The fourth-order valence-electron chi connectivity index (χ4n) is 1.49. The first-order valence-corrected chi connectivity index (χ1v) is 5.75. The summed E-state index contributed by atoms with van der Waals surface area (Å²) >= 11 is 0. The van der Waals surface area contributed by atoms with Crippen molar-refractivity contribution in [2.75, 3.05) is 5.43 Å². The highest BCUT2D eigenvalue weighted by Crippen LogP contribution is 2.15. The van der Waals surface area contributed by atoms with E-state index in [1.165, 1.54) is 17.7 Å². The number of anilines is 1. The zero-order valence-electron chi connectivity index (χ0n) is 10.4. The maximum atomic E-state index is 10.5. The van der Waals surface area contributed by atoms with Gasteiger partial charge in [0.25, 0.3) is 5.69 Å². The minimum atomic E-state index is -0.431. The Morgan fingerprint density at radius 2 is 1.74 bits per heavy atom. The van der Waals surface area contributed by atoms with Gasteiger partial charge < -0.3 is 0 Å². The van der Waals surface area contributed by atoms with E-state index in [1.54, 1.807) is 18.3 Å². The van der Waals surface area contributed by atoms with E-state index in [0.29, 0.717) is 5.69 Å². The van der Waals surface area contributed by atoms with Gasteiger partial charge in [0.15, 0.2) is 0 Å². The number of nitro benzene ring substituents is 1. The van der Waals surface area contributed by atoms with Crippen LogP contribution in [-0.2, 0) is 0 Å². The average molecular weight is 255 g/mol. The van der Waals surface area contributed by atoms with E-state index in [9.17, 15) is 10.1 Å². The van der Waals surface area contributed by atoms with E-state index >= 15 is 0 Å². The molecule has 0 atom stereocenters. The first-order chi connectivity index (χ1) is 9.15. The summed E-state index contributed by atoms with van der Waals surface area (Å²) in [6.07, 6.45) is 1.70. The Balaban J connectivity index is 1.98. The summed E-state index contributed by atoms with van der Waals surface area (Å²) in [5.74, 6) is 0. The Morgan fingerprint density at radius 3 is 2.32 bits per heavy atom. The fourth-order valence-corrected chi connectivity index (χ4v) is 1.49. The number of aryl methyl sites for hydroxylation is 1. The number of rotatable bonds is 4. The highest BCUT2D eigenvalue weighted by atomic mass is 16.6. The Labute approximate surface area is 110 Å². The molecule has 0 saturated carbocycles. The molecule has 0 spiro atoms. The third kappa shape index (κ3) is 3.64. The van der Waals surface area contributed by atoms with E-state index in [2.05, 4.69) is 10.5 Å². The van der Waals surface area contributed by atoms with Crippen molar-refractivity contribution in [1.82, 2.24) is 0 Å². The molecule has 0 aliphatic rings. The van der Waals surface area contributed by atoms with Gasteiger partial charge in [0.1, 0.15) is 0 Å². The molecular formula is C14H13N3O2. The highest BCUT2D eigenvalue weighted by Gasteiger charge is 2.02. The summed E-state index contributed by atoms with van der Waals surface area (Å²) in [5.41, 5.74) is 5.77. The van der Waals surface area contributed by atoms with Gasteiger partial charge in [0, 0.05) is 12.1 Å². The number of non-ortho nitro benzene ring substituents is 1. The summed E-state index contributed by atoms with van der Waals surface area (Å²) in [6.45, 7) is 2.02. The molecule has 0 fully saturated rings. The average Bonchev–Trinajstić information content (AvgIpc) is 2.41. The van der Waals surface area contributed by atoms with E-state index in [-0.39, 0.29) is 5.69 Å². The van der Waals surface area contributed by atoms with Crippen LogP contribution in [0.1, 0.15) is 11.1 Å². The molecule has 0 radical (unpaired) electrons. The first kappa shape index (κ1) is 12.8. The van der Waals surface area contributed by atoms with Crippen LogP contribution >= 0.6 is 0 Å². The van der Waals surface area contributed by atoms with Gasteiger partial charge in [-0.2, -0.15) is 5.10 Å². The van der Waals surface area contributed by atoms with Crippen molar-refractivity contribution in [3.05, 3.63) is 69.8 Å². The summed E-state index contributed by atoms with van der Waals surface area (Å²) in [6, 6.07) is 14.1. The van der Waals surface area contributed by atoms with E-state index in [4.69, 9.17) is 0 Å². The van der Waals surface area contributed by atoms with E-state index in [1.807, 2.05) is 31.2 Å². The van der Waals surface area contributed by atoms with Crippen LogP contribution in [0.15, 0.2) is 53.6 Å². The van der Waals surface area contributed by atoms with Crippen LogP contribution in [0.3, 0.4) is 0 Å². The second-order valence-corrected chi connectivity index (χ2v) is 4.08. The van der Waals surface area contributed by atoms with E-state index < -0.39 is 4.92 Å². The minimum absolute atomic E-state index is 0.0630.